The van der Waals surface area contributed by atoms with Crippen LogP contribution in [0.3, 0.4) is 0 Å². The Kier molecular flexibility index (Phi) is 3.90. The van der Waals surface area contributed by atoms with Crippen molar-refractivity contribution in [2.75, 3.05) is 27.2 Å². The van der Waals surface area contributed by atoms with E-state index in [0.29, 0.717) is 19.4 Å². The molecule has 22 heavy (non-hydrogen) atoms. The number of esters is 1. The number of aromatic carboxylic acids is 1. The van der Waals surface area contributed by atoms with E-state index in [-0.39, 0.29) is 23.5 Å². The Balaban J connectivity index is 1.97. The quantitative estimate of drug-likeness (QED) is 0.829. The van der Waals surface area contributed by atoms with Crippen molar-refractivity contribution in [2.24, 2.45) is 5.92 Å². The van der Waals surface area contributed by atoms with Gasteiger partial charge in [0, 0.05) is 19.0 Å². The summed E-state index contributed by atoms with van der Waals surface area (Å²) in [4.78, 5) is 29.9. The highest BCUT2D eigenvalue weighted by Crippen LogP contribution is 2.32. The number of fused-ring (bicyclic) bond motifs is 1. The summed E-state index contributed by atoms with van der Waals surface area (Å²) in [5.41, 5.74) is 0.894. The number of likely N-dealkylation sites (N-methyl/N-ethyl adjacent to an activating group) is 1. The molecule has 2 aliphatic heterocycles. The predicted octanol–water partition coefficient (Wildman–Crippen LogP) is 0.736. The molecule has 120 valence electrons. The van der Waals surface area contributed by atoms with Crippen molar-refractivity contribution in [3.8, 4) is 0 Å². The number of carboxylic acids is 1. The summed E-state index contributed by atoms with van der Waals surface area (Å²) in [7, 11) is 3.44. The molecule has 1 aromatic heterocycles. The summed E-state index contributed by atoms with van der Waals surface area (Å²) >= 11 is 0. The van der Waals surface area contributed by atoms with E-state index < -0.39 is 5.97 Å². The third-order valence-electron chi connectivity index (χ3n) is 4.73. The van der Waals surface area contributed by atoms with Gasteiger partial charge in [0.1, 0.15) is 5.82 Å². The third kappa shape index (κ3) is 2.49. The summed E-state index contributed by atoms with van der Waals surface area (Å²) < 4.78 is 6.80. The van der Waals surface area contributed by atoms with E-state index in [1.54, 1.807) is 0 Å². The predicted molar refractivity (Wildman–Crippen MR) is 77.9 cm³/mol. The van der Waals surface area contributed by atoms with Crippen molar-refractivity contribution < 1.29 is 19.4 Å². The molecule has 1 saturated heterocycles. The Labute approximate surface area is 128 Å². The second-order valence-electron chi connectivity index (χ2n) is 6.19. The summed E-state index contributed by atoms with van der Waals surface area (Å²) in [6, 6.07) is 0. The molecule has 0 saturated carbocycles. The van der Waals surface area contributed by atoms with Crippen molar-refractivity contribution in [2.45, 2.75) is 31.7 Å². The summed E-state index contributed by atoms with van der Waals surface area (Å²) in [6.07, 6.45) is 2.13. The number of likely N-dealkylation sites (tertiary alicyclic amines) is 1. The number of carboxylic acid groups (broad SMARTS) is 1. The van der Waals surface area contributed by atoms with Gasteiger partial charge in [-0.15, -0.1) is 0 Å². The highest BCUT2D eigenvalue weighted by Gasteiger charge is 2.35. The second-order valence-corrected chi connectivity index (χ2v) is 6.19. The third-order valence-corrected chi connectivity index (χ3v) is 4.73. The zero-order valence-electron chi connectivity index (χ0n) is 12.9. The van der Waals surface area contributed by atoms with E-state index in [2.05, 4.69) is 16.9 Å². The highest BCUT2D eigenvalue weighted by molar-refractivity contribution is 5.87. The lowest BCUT2D eigenvalue weighted by molar-refractivity contribution is -0.146. The van der Waals surface area contributed by atoms with Crippen molar-refractivity contribution in [3.63, 3.8) is 0 Å². The van der Waals surface area contributed by atoms with Crippen molar-refractivity contribution in [1.82, 2.24) is 14.5 Å². The average molecular weight is 307 g/mol. The van der Waals surface area contributed by atoms with Gasteiger partial charge in [-0.25, -0.2) is 9.78 Å². The standard InChI is InChI=1S/C15H21N3O4/c1-17-6-5-9(7-17)13-16-12(14(19)20)11-4-3-10(8-18(11)13)15(21)22-2/h9-10H,3-8H2,1-2H3,(H,19,20). The minimum absolute atomic E-state index is 0.146. The van der Waals surface area contributed by atoms with Crippen LogP contribution in [0.25, 0.3) is 0 Å². The molecular weight excluding hydrogens is 286 g/mol. The molecule has 0 aliphatic carbocycles. The molecule has 1 aromatic rings. The molecular formula is C15H21N3O4. The highest BCUT2D eigenvalue weighted by atomic mass is 16.5. The maximum Gasteiger partial charge on any atom is 0.356 e. The number of aromatic nitrogens is 2. The lowest BCUT2D eigenvalue weighted by atomic mass is 9.96. The summed E-state index contributed by atoms with van der Waals surface area (Å²) in [5, 5.41) is 9.39. The maximum atomic E-state index is 11.8. The van der Waals surface area contributed by atoms with Crippen LogP contribution in [-0.2, 0) is 22.5 Å². The molecule has 3 heterocycles. The van der Waals surface area contributed by atoms with Crippen LogP contribution in [0.1, 0.15) is 40.8 Å². The zero-order chi connectivity index (χ0) is 15.9. The molecule has 2 aliphatic rings. The normalized spacial score (nSPS) is 25.0. The van der Waals surface area contributed by atoms with Gasteiger partial charge in [-0.2, -0.15) is 0 Å². The van der Waals surface area contributed by atoms with E-state index in [9.17, 15) is 14.7 Å². The first kappa shape index (κ1) is 15.0. The fourth-order valence-electron chi connectivity index (χ4n) is 3.57. The Morgan fingerprint density at radius 1 is 1.32 bits per heavy atom. The SMILES string of the molecule is COC(=O)C1CCc2c(C(=O)O)nc(C3CCN(C)C3)n2C1. The second kappa shape index (κ2) is 5.72. The molecule has 3 rings (SSSR count). The topological polar surface area (TPSA) is 84.7 Å². The lowest BCUT2D eigenvalue weighted by Crippen LogP contribution is -2.29. The van der Waals surface area contributed by atoms with Gasteiger partial charge in [0.05, 0.1) is 18.7 Å². The van der Waals surface area contributed by atoms with Crippen LogP contribution in [0.4, 0.5) is 0 Å². The number of hydrogen-bond donors (Lipinski definition) is 1. The number of methoxy groups -OCH3 is 1. The number of nitrogens with zero attached hydrogens (tertiary/aromatic N) is 3. The van der Waals surface area contributed by atoms with Gasteiger partial charge in [-0.1, -0.05) is 0 Å². The zero-order valence-corrected chi connectivity index (χ0v) is 12.9. The van der Waals surface area contributed by atoms with E-state index >= 15 is 0 Å². The minimum Gasteiger partial charge on any atom is -0.476 e. The van der Waals surface area contributed by atoms with Gasteiger partial charge >= 0.3 is 11.9 Å². The fourth-order valence-corrected chi connectivity index (χ4v) is 3.57. The first-order chi connectivity index (χ1) is 10.5. The molecule has 0 spiro atoms. The van der Waals surface area contributed by atoms with E-state index in [1.165, 1.54) is 7.11 Å². The van der Waals surface area contributed by atoms with Gasteiger partial charge in [-0.3, -0.25) is 4.79 Å². The van der Waals surface area contributed by atoms with Gasteiger partial charge in [0.2, 0.25) is 0 Å². The molecule has 0 bridgehead atoms. The Morgan fingerprint density at radius 2 is 2.09 bits per heavy atom. The number of ether oxygens (including phenoxy) is 1. The van der Waals surface area contributed by atoms with Crippen LogP contribution in [0.15, 0.2) is 0 Å². The lowest BCUT2D eigenvalue weighted by Gasteiger charge is -2.25. The molecule has 0 aromatic carbocycles. The number of hydrogen-bond acceptors (Lipinski definition) is 5. The Bertz CT molecular complexity index is 610. The van der Waals surface area contributed by atoms with E-state index in [1.807, 2.05) is 4.57 Å². The molecule has 1 fully saturated rings. The number of carbonyl (C=O) groups excluding carboxylic acids is 1. The van der Waals surface area contributed by atoms with Crippen LogP contribution in [-0.4, -0.2) is 58.7 Å². The van der Waals surface area contributed by atoms with Crippen LogP contribution in [0.2, 0.25) is 0 Å². The maximum absolute atomic E-state index is 11.8. The number of carbonyl (C=O) groups is 2. The van der Waals surface area contributed by atoms with E-state index in [0.717, 1.165) is 31.0 Å². The minimum atomic E-state index is -0.988. The number of imidazole rings is 1. The summed E-state index contributed by atoms with van der Waals surface area (Å²) in [5.74, 6) is -0.395. The molecule has 1 N–H and O–H groups in total. The van der Waals surface area contributed by atoms with Crippen molar-refractivity contribution in [1.29, 1.82) is 0 Å². The molecule has 0 radical (unpaired) electrons. The van der Waals surface area contributed by atoms with Crippen molar-refractivity contribution in [3.05, 3.63) is 17.2 Å². The summed E-state index contributed by atoms with van der Waals surface area (Å²) in [6.45, 7) is 2.33. The van der Waals surface area contributed by atoms with Gasteiger partial charge in [0.15, 0.2) is 5.69 Å². The molecule has 2 atom stereocenters. The van der Waals surface area contributed by atoms with Gasteiger partial charge in [-0.05, 0) is 32.9 Å². The molecule has 7 nitrogen and oxygen atoms in total. The van der Waals surface area contributed by atoms with Crippen LogP contribution >= 0.6 is 0 Å². The first-order valence-corrected chi connectivity index (χ1v) is 7.60. The van der Waals surface area contributed by atoms with Crippen LogP contribution in [0.5, 0.6) is 0 Å². The fraction of sp³-hybridized carbons (Fsp3) is 0.667. The Morgan fingerprint density at radius 3 is 2.68 bits per heavy atom. The van der Waals surface area contributed by atoms with E-state index in [4.69, 9.17) is 4.74 Å². The smallest absolute Gasteiger partial charge is 0.356 e. The average Bonchev–Trinajstić information content (AvgIpc) is 3.09. The van der Waals surface area contributed by atoms with Gasteiger partial charge < -0.3 is 19.3 Å². The molecule has 7 heteroatoms. The Hall–Kier alpha value is -1.89. The number of rotatable bonds is 3. The first-order valence-electron chi connectivity index (χ1n) is 7.60. The molecule has 2 unspecified atom stereocenters. The van der Waals surface area contributed by atoms with Crippen molar-refractivity contribution >= 4 is 11.9 Å². The van der Waals surface area contributed by atoms with Crippen LogP contribution < -0.4 is 0 Å². The van der Waals surface area contributed by atoms with Gasteiger partial charge in [0.25, 0.3) is 0 Å². The van der Waals surface area contributed by atoms with Crippen LogP contribution in [0, 0.1) is 5.92 Å². The molecule has 0 amide bonds. The monoisotopic (exact) mass is 307 g/mol. The largest absolute Gasteiger partial charge is 0.476 e.